The number of amides is 1. The van der Waals surface area contributed by atoms with Crippen LogP contribution in [0.25, 0.3) is 0 Å². The zero-order valence-electron chi connectivity index (χ0n) is 11.8. The summed E-state index contributed by atoms with van der Waals surface area (Å²) < 4.78 is 10.3. The Morgan fingerprint density at radius 2 is 2.00 bits per heavy atom. The largest absolute Gasteiger partial charge is 0.494 e. The van der Waals surface area contributed by atoms with Gasteiger partial charge in [-0.05, 0) is 30.5 Å². The highest BCUT2D eigenvalue weighted by molar-refractivity contribution is 5.77. The van der Waals surface area contributed by atoms with Gasteiger partial charge in [0.25, 0.3) is 0 Å². The number of rotatable bonds is 9. The second kappa shape index (κ2) is 9.39. The molecule has 4 heteroatoms. The molecule has 0 fully saturated rings. The van der Waals surface area contributed by atoms with Gasteiger partial charge in [0.15, 0.2) is 0 Å². The number of unbranched alkanes of at least 4 members (excludes halogenated alkanes) is 1. The minimum Gasteiger partial charge on any atom is -0.494 e. The Kier molecular flexibility index (Phi) is 7.66. The fourth-order valence-electron chi connectivity index (χ4n) is 1.62. The van der Waals surface area contributed by atoms with E-state index < -0.39 is 0 Å². The van der Waals surface area contributed by atoms with Crippen LogP contribution in [0.2, 0.25) is 0 Å². The van der Waals surface area contributed by atoms with Crippen LogP contribution in [0.3, 0.4) is 0 Å². The van der Waals surface area contributed by atoms with Crippen molar-refractivity contribution >= 4 is 5.91 Å². The standard InChI is InChI=1S/C15H23NO3/c1-3-4-11-19-14-7-5-13(6-8-14)9-10-16-15(17)12-18-2/h5-8H,3-4,9-12H2,1-2H3,(H,16,17). The van der Waals surface area contributed by atoms with E-state index in [1.165, 1.54) is 12.7 Å². The van der Waals surface area contributed by atoms with Crippen LogP contribution >= 0.6 is 0 Å². The van der Waals surface area contributed by atoms with Gasteiger partial charge in [0.1, 0.15) is 12.4 Å². The Bertz CT molecular complexity index is 362. The second-order valence-corrected chi connectivity index (χ2v) is 4.38. The maximum absolute atomic E-state index is 11.2. The molecule has 0 aromatic heterocycles. The van der Waals surface area contributed by atoms with Gasteiger partial charge in [0, 0.05) is 13.7 Å². The van der Waals surface area contributed by atoms with E-state index in [0.29, 0.717) is 6.54 Å². The van der Waals surface area contributed by atoms with Gasteiger partial charge in [-0.2, -0.15) is 0 Å². The molecule has 0 saturated heterocycles. The van der Waals surface area contributed by atoms with E-state index in [1.807, 2.05) is 24.3 Å². The predicted molar refractivity (Wildman–Crippen MR) is 75.4 cm³/mol. The lowest BCUT2D eigenvalue weighted by Gasteiger charge is -2.07. The highest BCUT2D eigenvalue weighted by Gasteiger charge is 2.00. The average molecular weight is 265 g/mol. The molecular formula is C15H23NO3. The Morgan fingerprint density at radius 3 is 2.63 bits per heavy atom. The summed E-state index contributed by atoms with van der Waals surface area (Å²) in [5, 5.41) is 2.79. The SMILES string of the molecule is CCCCOc1ccc(CCNC(=O)COC)cc1. The second-order valence-electron chi connectivity index (χ2n) is 4.38. The van der Waals surface area contributed by atoms with Gasteiger partial charge in [-0.15, -0.1) is 0 Å². The summed E-state index contributed by atoms with van der Waals surface area (Å²) in [5.74, 6) is 0.822. The molecule has 0 aliphatic carbocycles. The maximum Gasteiger partial charge on any atom is 0.245 e. The minimum atomic E-state index is -0.0815. The van der Waals surface area contributed by atoms with Crippen molar-refractivity contribution in [3.05, 3.63) is 29.8 Å². The third kappa shape index (κ3) is 6.82. The van der Waals surface area contributed by atoms with Crippen molar-refractivity contribution < 1.29 is 14.3 Å². The van der Waals surface area contributed by atoms with Gasteiger partial charge in [-0.1, -0.05) is 25.5 Å². The fourth-order valence-corrected chi connectivity index (χ4v) is 1.62. The normalized spacial score (nSPS) is 10.2. The fraction of sp³-hybridized carbons (Fsp3) is 0.533. The van der Waals surface area contributed by atoms with Gasteiger partial charge in [0.05, 0.1) is 6.61 Å². The summed E-state index contributed by atoms with van der Waals surface area (Å²) >= 11 is 0. The summed E-state index contributed by atoms with van der Waals surface area (Å²) in [6, 6.07) is 8.01. The number of carbonyl (C=O) groups excluding carboxylic acids is 1. The van der Waals surface area contributed by atoms with E-state index in [2.05, 4.69) is 12.2 Å². The third-order valence-corrected chi connectivity index (χ3v) is 2.70. The number of hydrogen-bond donors (Lipinski definition) is 1. The summed E-state index contributed by atoms with van der Waals surface area (Å²) in [6.45, 7) is 3.65. The monoisotopic (exact) mass is 265 g/mol. The van der Waals surface area contributed by atoms with E-state index >= 15 is 0 Å². The Morgan fingerprint density at radius 1 is 1.26 bits per heavy atom. The predicted octanol–water partition coefficient (Wildman–Crippen LogP) is 2.17. The molecule has 1 N–H and O–H groups in total. The zero-order valence-corrected chi connectivity index (χ0v) is 11.8. The highest BCUT2D eigenvalue weighted by Crippen LogP contribution is 2.12. The number of carbonyl (C=O) groups is 1. The first kappa shape index (κ1) is 15.5. The molecule has 1 aromatic rings. The molecule has 0 bridgehead atoms. The van der Waals surface area contributed by atoms with Crippen LogP contribution in [0.4, 0.5) is 0 Å². The van der Waals surface area contributed by atoms with Crippen LogP contribution in [-0.4, -0.2) is 32.8 Å². The maximum atomic E-state index is 11.2. The Hall–Kier alpha value is -1.55. The topological polar surface area (TPSA) is 47.6 Å². The van der Waals surface area contributed by atoms with Gasteiger partial charge in [-0.3, -0.25) is 4.79 Å². The summed E-state index contributed by atoms with van der Waals surface area (Å²) in [7, 11) is 1.51. The molecule has 0 aliphatic rings. The zero-order chi connectivity index (χ0) is 13.9. The van der Waals surface area contributed by atoms with Crippen LogP contribution < -0.4 is 10.1 Å². The van der Waals surface area contributed by atoms with Crippen LogP contribution in [0.1, 0.15) is 25.3 Å². The molecule has 1 rings (SSSR count). The molecule has 1 amide bonds. The van der Waals surface area contributed by atoms with Crippen molar-refractivity contribution in [1.82, 2.24) is 5.32 Å². The molecule has 1 aromatic carbocycles. The van der Waals surface area contributed by atoms with Gasteiger partial charge in [0.2, 0.25) is 5.91 Å². The molecule has 0 radical (unpaired) electrons. The van der Waals surface area contributed by atoms with E-state index in [-0.39, 0.29) is 12.5 Å². The van der Waals surface area contributed by atoms with Gasteiger partial charge in [-0.25, -0.2) is 0 Å². The average Bonchev–Trinajstić information content (AvgIpc) is 2.41. The number of ether oxygens (including phenoxy) is 2. The van der Waals surface area contributed by atoms with Crippen molar-refractivity contribution in [1.29, 1.82) is 0 Å². The lowest BCUT2D eigenvalue weighted by molar-refractivity contribution is -0.124. The van der Waals surface area contributed by atoms with E-state index in [9.17, 15) is 4.79 Å². The molecule has 0 saturated carbocycles. The smallest absolute Gasteiger partial charge is 0.245 e. The molecule has 106 valence electrons. The molecule has 4 nitrogen and oxygen atoms in total. The first-order valence-electron chi connectivity index (χ1n) is 6.73. The molecule has 0 aliphatic heterocycles. The first-order valence-corrected chi connectivity index (χ1v) is 6.73. The Labute approximate surface area is 115 Å². The molecule has 19 heavy (non-hydrogen) atoms. The van der Waals surface area contributed by atoms with Crippen LogP contribution in [-0.2, 0) is 16.0 Å². The van der Waals surface area contributed by atoms with Crippen molar-refractivity contribution in [3.8, 4) is 5.75 Å². The molecule has 0 spiro atoms. The number of methoxy groups -OCH3 is 1. The Balaban J connectivity index is 2.26. The molecular weight excluding hydrogens is 242 g/mol. The first-order chi connectivity index (χ1) is 9.26. The third-order valence-electron chi connectivity index (χ3n) is 2.70. The van der Waals surface area contributed by atoms with Crippen LogP contribution in [0, 0.1) is 0 Å². The van der Waals surface area contributed by atoms with Crippen molar-refractivity contribution in [2.75, 3.05) is 26.9 Å². The van der Waals surface area contributed by atoms with Crippen LogP contribution in [0.15, 0.2) is 24.3 Å². The number of hydrogen-bond acceptors (Lipinski definition) is 3. The van der Waals surface area contributed by atoms with E-state index in [0.717, 1.165) is 31.6 Å². The number of benzene rings is 1. The van der Waals surface area contributed by atoms with Gasteiger partial charge < -0.3 is 14.8 Å². The minimum absolute atomic E-state index is 0.0815. The summed E-state index contributed by atoms with van der Waals surface area (Å²) in [5.41, 5.74) is 1.18. The van der Waals surface area contributed by atoms with E-state index in [1.54, 1.807) is 0 Å². The van der Waals surface area contributed by atoms with Crippen molar-refractivity contribution in [2.24, 2.45) is 0 Å². The van der Waals surface area contributed by atoms with Crippen molar-refractivity contribution in [3.63, 3.8) is 0 Å². The lowest BCUT2D eigenvalue weighted by atomic mass is 10.1. The van der Waals surface area contributed by atoms with Gasteiger partial charge >= 0.3 is 0 Å². The molecule has 0 heterocycles. The lowest BCUT2D eigenvalue weighted by Crippen LogP contribution is -2.28. The molecule has 0 unspecified atom stereocenters. The van der Waals surface area contributed by atoms with E-state index in [4.69, 9.17) is 9.47 Å². The highest BCUT2D eigenvalue weighted by atomic mass is 16.5. The van der Waals surface area contributed by atoms with Crippen LogP contribution in [0.5, 0.6) is 5.75 Å². The van der Waals surface area contributed by atoms with Crippen molar-refractivity contribution in [2.45, 2.75) is 26.2 Å². The number of nitrogens with one attached hydrogen (secondary N) is 1. The quantitative estimate of drug-likeness (QED) is 0.696. The summed E-state index contributed by atoms with van der Waals surface area (Å²) in [6.07, 6.45) is 3.03. The summed E-state index contributed by atoms with van der Waals surface area (Å²) in [4.78, 5) is 11.2. The molecule has 0 atom stereocenters.